The SMILES string of the molecule is C=CCN1C(=O)COc2ccc(C(=O)C(C)n3cnc4sc(C(=O)OCC)c(C)c4c3=O)cc21. The Morgan fingerprint density at radius 1 is 1.35 bits per heavy atom. The number of carbonyl (C=O) groups excluding carboxylic acids is 3. The van der Waals surface area contributed by atoms with Crippen molar-refractivity contribution in [2.45, 2.75) is 26.8 Å². The van der Waals surface area contributed by atoms with Crippen LogP contribution in [0.3, 0.4) is 0 Å². The Morgan fingerprint density at radius 2 is 2.12 bits per heavy atom. The number of aryl methyl sites for hydroxylation is 1. The molecule has 3 heterocycles. The van der Waals surface area contributed by atoms with Crippen molar-refractivity contribution in [2.24, 2.45) is 0 Å². The Labute approximate surface area is 199 Å². The van der Waals surface area contributed by atoms with Gasteiger partial charge in [0.1, 0.15) is 15.5 Å². The number of Topliss-reactive ketones (excluding diaryl/α,β-unsaturated/α-hetero) is 1. The topological polar surface area (TPSA) is 108 Å². The van der Waals surface area contributed by atoms with Gasteiger partial charge in [0.2, 0.25) is 0 Å². The minimum atomic E-state index is -0.874. The zero-order valence-electron chi connectivity index (χ0n) is 19.0. The van der Waals surface area contributed by atoms with Crippen molar-refractivity contribution < 1.29 is 23.9 Å². The summed E-state index contributed by atoms with van der Waals surface area (Å²) in [7, 11) is 0. The third-order valence-electron chi connectivity index (χ3n) is 5.63. The fourth-order valence-corrected chi connectivity index (χ4v) is 4.89. The Balaban J connectivity index is 1.71. The average Bonchev–Trinajstić information content (AvgIpc) is 3.17. The number of ketones is 1. The fraction of sp³-hybridized carbons (Fsp3) is 0.292. The third kappa shape index (κ3) is 3.90. The molecule has 1 aliphatic rings. The van der Waals surface area contributed by atoms with Gasteiger partial charge in [0, 0.05) is 12.1 Å². The standard InChI is InChI=1S/C24H23N3O6S/c1-5-9-26-16-10-15(7-8-17(16)33-11-18(26)28)20(29)14(4)27-12-25-22-19(23(27)30)13(3)21(34-22)24(31)32-6-2/h5,7-8,10,12,14H,1,6,9,11H2,2-4H3. The van der Waals surface area contributed by atoms with Crippen LogP contribution in [0.1, 0.15) is 45.5 Å². The molecular formula is C24H23N3O6S. The van der Waals surface area contributed by atoms with Crippen LogP contribution in [0.4, 0.5) is 5.69 Å². The Bertz CT molecular complexity index is 1390. The lowest BCUT2D eigenvalue weighted by atomic mass is 10.0. The number of ether oxygens (including phenoxy) is 2. The molecule has 2 aromatic heterocycles. The van der Waals surface area contributed by atoms with E-state index in [0.717, 1.165) is 11.3 Å². The lowest BCUT2D eigenvalue weighted by molar-refractivity contribution is -0.121. The smallest absolute Gasteiger partial charge is 0.348 e. The van der Waals surface area contributed by atoms with E-state index >= 15 is 0 Å². The van der Waals surface area contributed by atoms with E-state index in [9.17, 15) is 19.2 Å². The van der Waals surface area contributed by atoms with Gasteiger partial charge in [0.15, 0.2) is 12.4 Å². The van der Waals surface area contributed by atoms with E-state index in [1.165, 1.54) is 15.8 Å². The third-order valence-corrected chi connectivity index (χ3v) is 6.81. The van der Waals surface area contributed by atoms with Crippen molar-refractivity contribution in [1.82, 2.24) is 9.55 Å². The first-order valence-corrected chi connectivity index (χ1v) is 11.5. The summed E-state index contributed by atoms with van der Waals surface area (Å²) < 4.78 is 11.8. The van der Waals surface area contributed by atoms with Gasteiger partial charge in [0.25, 0.3) is 11.5 Å². The summed E-state index contributed by atoms with van der Waals surface area (Å²) in [5.74, 6) is -0.582. The van der Waals surface area contributed by atoms with Crippen LogP contribution in [0.15, 0.2) is 42.0 Å². The van der Waals surface area contributed by atoms with Crippen LogP contribution in [0.2, 0.25) is 0 Å². The minimum Gasteiger partial charge on any atom is -0.482 e. The van der Waals surface area contributed by atoms with Crippen molar-refractivity contribution in [1.29, 1.82) is 0 Å². The zero-order chi connectivity index (χ0) is 24.6. The molecule has 34 heavy (non-hydrogen) atoms. The molecular weight excluding hydrogens is 458 g/mol. The summed E-state index contributed by atoms with van der Waals surface area (Å²) in [5.41, 5.74) is 0.858. The first kappa shape index (κ1) is 23.4. The number of benzene rings is 1. The van der Waals surface area contributed by atoms with Crippen molar-refractivity contribution in [3.05, 3.63) is 63.5 Å². The molecule has 0 aliphatic carbocycles. The molecule has 1 amide bonds. The highest BCUT2D eigenvalue weighted by Gasteiger charge is 2.28. The summed E-state index contributed by atoms with van der Waals surface area (Å²) in [6, 6.07) is 3.95. The molecule has 1 atom stereocenters. The van der Waals surface area contributed by atoms with E-state index in [4.69, 9.17) is 9.47 Å². The molecule has 0 N–H and O–H groups in total. The van der Waals surface area contributed by atoms with E-state index in [1.807, 2.05) is 0 Å². The number of rotatable bonds is 7. The second-order valence-corrected chi connectivity index (χ2v) is 8.72. The van der Waals surface area contributed by atoms with Gasteiger partial charge in [-0.05, 0) is 44.5 Å². The number of carbonyl (C=O) groups is 3. The van der Waals surface area contributed by atoms with Gasteiger partial charge in [-0.25, -0.2) is 9.78 Å². The largest absolute Gasteiger partial charge is 0.482 e. The van der Waals surface area contributed by atoms with Crippen LogP contribution in [0, 0.1) is 6.92 Å². The first-order valence-electron chi connectivity index (χ1n) is 10.7. The molecule has 1 aromatic carbocycles. The van der Waals surface area contributed by atoms with E-state index < -0.39 is 17.6 Å². The molecule has 1 unspecified atom stereocenters. The normalized spacial score (nSPS) is 13.9. The number of hydrogen-bond acceptors (Lipinski definition) is 8. The predicted molar refractivity (Wildman–Crippen MR) is 128 cm³/mol. The number of hydrogen-bond donors (Lipinski definition) is 0. The maximum Gasteiger partial charge on any atom is 0.348 e. The first-order chi connectivity index (χ1) is 16.3. The van der Waals surface area contributed by atoms with Gasteiger partial charge in [-0.3, -0.25) is 19.0 Å². The van der Waals surface area contributed by atoms with Gasteiger partial charge in [-0.2, -0.15) is 0 Å². The molecule has 10 heteroatoms. The van der Waals surface area contributed by atoms with Gasteiger partial charge in [-0.15, -0.1) is 17.9 Å². The number of esters is 1. The molecule has 4 rings (SSSR count). The molecule has 0 saturated heterocycles. The number of aromatic nitrogens is 2. The lowest BCUT2D eigenvalue weighted by Crippen LogP contribution is -2.39. The van der Waals surface area contributed by atoms with E-state index in [2.05, 4.69) is 11.6 Å². The maximum absolute atomic E-state index is 13.3. The molecule has 0 spiro atoms. The molecule has 9 nitrogen and oxygen atoms in total. The number of thiophene rings is 1. The van der Waals surface area contributed by atoms with Crippen molar-refractivity contribution in [3.8, 4) is 5.75 Å². The van der Waals surface area contributed by atoms with Crippen LogP contribution < -0.4 is 15.2 Å². The Hall–Kier alpha value is -3.79. The van der Waals surface area contributed by atoms with Gasteiger partial charge >= 0.3 is 5.97 Å². The second-order valence-electron chi connectivity index (χ2n) is 7.72. The monoisotopic (exact) mass is 481 g/mol. The van der Waals surface area contributed by atoms with Gasteiger partial charge < -0.3 is 14.4 Å². The summed E-state index contributed by atoms with van der Waals surface area (Å²) in [4.78, 5) is 57.6. The fourth-order valence-electron chi connectivity index (χ4n) is 3.86. The Kier molecular flexibility index (Phi) is 6.34. The number of anilines is 1. The average molecular weight is 482 g/mol. The van der Waals surface area contributed by atoms with Crippen LogP contribution in [0.25, 0.3) is 10.2 Å². The maximum atomic E-state index is 13.3. The molecule has 0 radical (unpaired) electrons. The van der Waals surface area contributed by atoms with Crippen LogP contribution in [-0.2, 0) is 9.53 Å². The van der Waals surface area contributed by atoms with Crippen LogP contribution >= 0.6 is 11.3 Å². The summed E-state index contributed by atoms with van der Waals surface area (Å²) in [6.45, 7) is 9.07. The highest BCUT2D eigenvalue weighted by molar-refractivity contribution is 7.20. The van der Waals surface area contributed by atoms with Crippen molar-refractivity contribution >= 4 is 44.9 Å². The second kappa shape index (κ2) is 9.22. The van der Waals surface area contributed by atoms with E-state index in [0.29, 0.717) is 32.3 Å². The lowest BCUT2D eigenvalue weighted by Gasteiger charge is -2.29. The van der Waals surface area contributed by atoms with Crippen LogP contribution in [-0.4, -0.2) is 47.0 Å². The van der Waals surface area contributed by atoms with Crippen molar-refractivity contribution in [3.63, 3.8) is 0 Å². The molecule has 0 bridgehead atoms. The molecule has 0 saturated carbocycles. The summed E-state index contributed by atoms with van der Waals surface area (Å²) in [6.07, 6.45) is 2.91. The molecule has 3 aromatic rings. The highest BCUT2D eigenvalue weighted by Crippen LogP contribution is 2.34. The minimum absolute atomic E-state index is 0.0839. The Morgan fingerprint density at radius 3 is 2.82 bits per heavy atom. The highest BCUT2D eigenvalue weighted by atomic mass is 32.1. The summed E-state index contributed by atoms with van der Waals surface area (Å²) >= 11 is 1.09. The number of nitrogens with zero attached hydrogens (tertiary/aromatic N) is 3. The van der Waals surface area contributed by atoms with Crippen molar-refractivity contribution in [2.75, 3.05) is 24.7 Å². The molecule has 176 valence electrons. The number of amides is 1. The number of fused-ring (bicyclic) bond motifs is 2. The molecule has 0 fully saturated rings. The quantitative estimate of drug-likeness (QED) is 0.289. The molecule has 1 aliphatic heterocycles. The predicted octanol–water partition coefficient (Wildman–Crippen LogP) is 3.30. The zero-order valence-corrected chi connectivity index (χ0v) is 19.8. The summed E-state index contributed by atoms with van der Waals surface area (Å²) in [5, 5.41) is 0.289. The van der Waals surface area contributed by atoms with Crippen LogP contribution in [0.5, 0.6) is 5.75 Å². The van der Waals surface area contributed by atoms with E-state index in [1.54, 1.807) is 45.0 Å². The van der Waals surface area contributed by atoms with Gasteiger partial charge in [0.05, 0.1) is 30.0 Å². The van der Waals surface area contributed by atoms with E-state index in [-0.39, 0.29) is 36.8 Å². The van der Waals surface area contributed by atoms with Gasteiger partial charge in [-0.1, -0.05) is 6.08 Å².